The summed E-state index contributed by atoms with van der Waals surface area (Å²) >= 11 is 0. The number of hydrogen-bond acceptors (Lipinski definition) is 0. The van der Waals surface area contributed by atoms with Gasteiger partial charge in [0.2, 0.25) is 0 Å². The van der Waals surface area contributed by atoms with Crippen LogP contribution >= 0.6 is 0 Å². The summed E-state index contributed by atoms with van der Waals surface area (Å²) in [6.07, 6.45) is 21.8. The summed E-state index contributed by atoms with van der Waals surface area (Å²) in [4.78, 5) is 0. The van der Waals surface area contributed by atoms with Gasteiger partial charge < -0.3 is 0 Å². The molecule has 1 aliphatic rings. The first-order valence-electron chi connectivity index (χ1n) is 38.5. The molecule has 2 unspecified atom stereocenters. The first-order chi connectivity index (χ1) is 59.3. The minimum absolute atomic E-state index is 0.0469. The smallest absolute Gasteiger partial charge is 0.113 e. The predicted molar refractivity (Wildman–Crippen MR) is 565 cm³/mol. The molecule has 1 aliphatic carbocycles. The Morgan fingerprint density at radius 1 is 0.306 bits per heavy atom. The molecule has 2 atom stereocenters. The minimum atomic E-state index is -1.50. The zero-order chi connectivity index (χ0) is 91.6. The van der Waals surface area contributed by atoms with Crippen LogP contribution in [0.2, 0.25) is 5.82 Å². The van der Waals surface area contributed by atoms with Crippen molar-refractivity contribution in [3.8, 4) is 273 Å². The van der Waals surface area contributed by atoms with Crippen LogP contribution in [0.3, 0.4) is 0 Å². The highest BCUT2D eigenvalue weighted by atomic mass is 14.4. The number of terminal acetylenes is 5. The van der Waals surface area contributed by atoms with Gasteiger partial charge in [-0.15, -0.1) is 54.4 Å². The summed E-state index contributed by atoms with van der Waals surface area (Å²) in [5.41, 5.74) is 11.2. The monoisotopic (exact) mass is 1500 g/mol. The lowest BCUT2D eigenvalue weighted by atomic mass is 8.66. The second kappa shape index (κ2) is 44.0. The minimum Gasteiger partial charge on any atom is -0.132 e. The van der Waals surface area contributed by atoms with Crippen LogP contribution < -0.4 is 16.4 Å². The average Bonchev–Trinajstić information content (AvgIpc) is 0.677. The number of fused-ring (bicyclic) bond motifs is 6. The van der Waals surface area contributed by atoms with E-state index in [4.69, 9.17) is 171 Å². The third-order valence-electron chi connectivity index (χ3n) is 22.5. The predicted octanol–water partition coefficient (Wildman–Crippen LogP) is -0.479. The maximum atomic E-state index is 7.95. The topological polar surface area (TPSA) is 0 Å². The summed E-state index contributed by atoms with van der Waals surface area (Å²) in [6, 6.07) is 0. The lowest BCUT2D eigenvalue weighted by Crippen LogP contribution is -2.65. The van der Waals surface area contributed by atoms with Crippen molar-refractivity contribution in [1.29, 1.82) is 0 Å². The van der Waals surface area contributed by atoms with Gasteiger partial charge in [-0.3, -0.25) is 0 Å². The lowest BCUT2D eigenvalue weighted by Gasteiger charge is -2.53. The van der Waals surface area contributed by atoms with Crippen molar-refractivity contribution in [3.05, 3.63) is 111 Å². The van der Waals surface area contributed by atoms with Crippen molar-refractivity contribution in [1.82, 2.24) is 0 Å². The maximum absolute atomic E-state index is 7.95. The Hall–Kier alpha value is -11.8. The van der Waals surface area contributed by atoms with E-state index in [9.17, 15) is 0 Å². The molecule has 8 rings (SSSR count). The third kappa shape index (κ3) is 19.0. The lowest BCUT2D eigenvalue weighted by molar-refractivity contribution is 0.907. The van der Waals surface area contributed by atoms with Gasteiger partial charge in [0.15, 0.2) is 0 Å². The van der Waals surface area contributed by atoms with Gasteiger partial charge in [-0.05, 0) is 336 Å². The molecule has 0 aromatic heterocycles. The summed E-state index contributed by atoms with van der Waals surface area (Å²) in [7, 11) is 133. The fourth-order valence-electron chi connectivity index (χ4n) is 17.0. The molecule has 0 aliphatic heterocycles. The molecular weight excluding hydrogens is 1450 g/mol. The zero-order valence-electron chi connectivity index (χ0n) is 71.0. The number of allylic oxidation sites excluding steroid dienone is 1. The van der Waals surface area contributed by atoms with Gasteiger partial charge in [-0.25, -0.2) is 0 Å². The van der Waals surface area contributed by atoms with Gasteiger partial charge in [0.05, 0.1) is 73.0 Å². The van der Waals surface area contributed by atoms with Gasteiger partial charge in [-0.1, -0.05) is 81.8 Å². The Labute approximate surface area is 769 Å². The molecule has 7 aromatic carbocycles. The first kappa shape index (κ1) is 97.6. The number of aryl methyl sites for hydroxylation is 5. The molecule has 0 nitrogen and oxygen atoms in total. The highest BCUT2D eigenvalue weighted by molar-refractivity contribution is 7.89. The highest BCUT2D eigenvalue weighted by Crippen LogP contribution is 2.58. The van der Waals surface area contributed by atoms with Crippen LogP contribution in [0.15, 0.2) is 5.47 Å². The van der Waals surface area contributed by atoms with Crippen molar-refractivity contribution < 1.29 is 0 Å². The molecule has 32 heteroatoms. The quantitative estimate of drug-likeness (QED) is 0.0532. The van der Waals surface area contributed by atoms with E-state index in [1.165, 1.54) is 21.3 Å². The van der Waals surface area contributed by atoms with Crippen LogP contribution in [0.1, 0.15) is 132 Å². The number of benzene rings is 7. The van der Waals surface area contributed by atoms with E-state index in [2.05, 4.69) is 247 Å². The van der Waals surface area contributed by atoms with Gasteiger partial charge in [-0.2, -0.15) is 0 Å². The molecular formula is C92H43B32. The second-order valence-corrected chi connectivity index (χ2v) is 28.9. The molecule has 0 saturated carbocycles. The van der Waals surface area contributed by atoms with Gasteiger partial charge in [0.1, 0.15) is 7.85 Å². The molecule has 0 spiro atoms. The molecule has 0 N–H and O–H groups in total. The fraction of sp³-hybridized carbons (Fsp3) is 0.152. The zero-order valence-corrected chi connectivity index (χ0v) is 71.0. The first-order valence-corrected chi connectivity index (χ1v) is 38.5. The molecule has 0 bridgehead atoms. The molecule has 0 heterocycles. The average molecular weight is 1490 g/mol. The maximum Gasteiger partial charge on any atom is 0.113 e. The molecule has 124 heavy (non-hydrogen) atoms. The van der Waals surface area contributed by atoms with Crippen LogP contribution in [0, 0.1) is 313 Å². The fourth-order valence-corrected chi connectivity index (χ4v) is 17.0. The standard InChI is InChI=1S/C92H43B32/c1-18-26-32-36-38-39-42-47-54-71-73-62(16)64(25-8)65(48-24-7)68(49-31-23-6)78(73)79-69(52-43-30-22-5)66(50-44-35-29-21-4)67(51-45-40-34-28-20-3)70(53-46-41-37-33-27-19-2)80(79)81(71)82-74-59(13)56(10)55(9)58(12)72(74)63(17)77-75(82)60(14)57(11)61(15)76(77)83-84-85(86(93)87(111-94)88(83)114(97)98)90(118(123(108)109)124(110)113-96)92(117(121(104)105)122(106)107)91(116(112-95)120(102)103)89(84)115(99)119(100)101/h1-2,4,6,8,89,91H,3,5,7,9-17H3. The summed E-state index contributed by atoms with van der Waals surface area (Å²) in [5.74, 6) is 105. The normalized spacial score (nSPS) is 10.9. The van der Waals surface area contributed by atoms with E-state index in [1.807, 2.05) is 34.6 Å². The van der Waals surface area contributed by atoms with Gasteiger partial charge >= 0.3 is 0 Å². The molecule has 507 valence electrons. The van der Waals surface area contributed by atoms with E-state index >= 15 is 0 Å². The van der Waals surface area contributed by atoms with E-state index in [-0.39, 0.29) is 71.8 Å². The Morgan fingerprint density at radius 3 is 1.15 bits per heavy atom. The highest BCUT2D eigenvalue weighted by Gasteiger charge is 2.51. The van der Waals surface area contributed by atoms with Crippen LogP contribution in [0.4, 0.5) is 0 Å². The molecule has 0 saturated heterocycles. The van der Waals surface area contributed by atoms with Crippen LogP contribution in [0.5, 0.6) is 0 Å². The Kier molecular flexibility index (Phi) is 34.6. The number of rotatable bonds is 16. The van der Waals surface area contributed by atoms with E-state index in [0.717, 1.165) is 27.6 Å². The van der Waals surface area contributed by atoms with Crippen molar-refractivity contribution in [3.63, 3.8) is 0 Å². The Morgan fingerprint density at radius 2 is 0.710 bits per heavy atom. The largest absolute Gasteiger partial charge is 0.132 e. The SMILES string of the molecule is [B][B]B([B])B(B([B])[B])C1=C(B(B([B])[B])B([B])[B])C(B([B][B])B([B])[B])C(B([B])B([B])[B])c2c1c([B])c([B][B])c(B([B])[B])c2-c1c(C)c(C)c(C)c2c(-c3c(C#CC#CC#CC#CC#C)c4c(C)c(C#C)c(C#CC)c(C#CC#C)c4c4c(C#CC#CC)c(C#CC#CC#C)c(C#CC#CC#CC)c(C#CC#CC#CC#C)c34)c3c(C)c(C)c(C)c(C)c3c(C)c12. The van der Waals surface area contributed by atoms with E-state index in [1.54, 1.807) is 20.8 Å². The summed E-state index contributed by atoms with van der Waals surface area (Å²) in [6.45, 7) is 16.4. The summed E-state index contributed by atoms with van der Waals surface area (Å²) in [5, 5.41) is 3.90. The molecule has 0 fully saturated rings. The third-order valence-corrected chi connectivity index (χ3v) is 22.5. The van der Waals surface area contributed by atoms with E-state index in [0.29, 0.717) is 98.9 Å². The molecule has 7 aromatic rings. The second-order valence-electron chi connectivity index (χ2n) is 28.9. The van der Waals surface area contributed by atoms with Crippen molar-refractivity contribution >= 4 is 296 Å². The number of hydrogen-bond donors (Lipinski definition) is 0. The molecule has 39 radical (unpaired) electrons. The van der Waals surface area contributed by atoms with Gasteiger partial charge in [0, 0.05) is 222 Å². The van der Waals surface area contributed by atoms with Crippen LogP contribution in [-0.2, 0) is 0 Å². The Balaban J connectivity index is 2.14. The van der Waals surface area contributed by atoms with Gasteiger partial charge in [0.25, 0.3) is 0 Å². The van der Waals surface area contributed by atoms with Crippen molar-refractivity contribution in [2.24, 2.45) is 0 Å². The molecule has 0 amide bonds. The van der Waals surface area contributed by atoms with Crippen LogP contribution in [0.25, 0.3) is 70.8 Å². The summed E-state index contributed by atoms with van der Waals surface area (Å²) < 4.78 is 0. The van der Waals surface area contributed by atoms with E-state index < -0.39 is 82.4 Å². The Bertz CT molecular complexity index is 7200. The van der Waals surface area contributed by atoms with Crippen molar-refractivity contribution in [2.45, 2.75) is 94.7 Å². The van der Waals surface area contributed by atoms with Crippen molar-refractivity contribution in [2.75, 3.05) is 0 Å². The van der Waals surface area contributed by atoms with Crippen LogP contribution in [-0.4, -0.2) is 231 Å².